The summed E-state index contributed by atoms with van der Waals surface area (Å²) in [4.78, 5) is 17.5. The summed E-state index contributed by atoms with van der Waals surface area (Å²) in [5.74, 6) is 1.41. The first-order valence-electron chi connectivity index (χ1n) is 5.68. The molecule has 0 bridgehead atoms. The molecule has 1 amide bonds. The highest BCUT2D eigenvalue weighted by atomic mass is 16.5. The van der Waals surface area contributed by atoms with E-state index in [1.54, 1.807) is 12.4 Å². The number of carbonyl (C=O) groups is 1. The standard InChI is InChI=1S/C12H14N2O2/c15-12(9-3-4-9)14-7-11(8-14)16-10-2-1-5-13-6-10/h1-2,5-6,9,11H,3-4,7-8H2. The molecule has 0 unspecified atom stereocenters. The van der Waals surface area contributed by atoms with Crippen LogP contribution in [0.1, 0.15) is 12.8 Å². The van der Waals surface area contributed by atoms with E-state index in [4.69, 9.17) is 4.74 Å². The second-order valence-electron chi connectivity index (χ2n) is 4.45. The Morgan fingerprint density at radius 3 is 2.88 bits per heavy atom. The summed E-state index contributed by atoms with van der Waals surface area (Å²) in [6, 6.07) is 3.74. The first kappa shape index (κ1) is 9.63. The average molecular weight is 218 g/mol. The molecule has 0 spiro atoms. The number of hydrogen-bond donors (Lipinski definition) is 0. The normalized spacial score (nSPS) is 20.4. The Labute approximate surface area is 94.2 Å². The van der Waals surface area contributed by atoms with Crippen molar-refractivity contribution in [3.8, 4) is 5.75 Å². The Balaban J connectivity index is 1.48. The number of pyridine rings is 1. The number of hydrogen-bond acceptors (Lipinski definition) is 3. The number of likely N-dealkylation sites (tertiary alicyclic amines) is 1. The quantitative estimate of drug-likeness (QED) is 0.762. The molecule has 1 saturated heterocycles. The molecule has 2 heterocycles. The second kappa shape index (κ2) is 3.77. The van der Waals surface area contributed by atoms with Crippen LogP contribution in [0.2, 0.25) is 0 Å². The Kier molecular flexibility index (Phi) is 2.27. The molecule has 0 radical (unpaired) electrons. The fourth-order valence-corrected chi connectivity index (χ4v) is 1.89. The van der Waals surface area contributed by atoms with Gasteiger partial charge in [-0.2, -0.15) is 0 Å². The van der Waals surface area contributed by atoms with Crippen molar-refractivity contribution in [3.05, 3.63) is 24.5 Å². The largest absolute Gasteiger partial charge is 0.485 e. The van der Waals surface area contributed by atoms with Crippen LogP contribution in [0.5, 0.6) is 5.75 Å². The van der Waals surface area contributed by atoms with E-state index in [2.05, 4.69) is 4.98 Å². The lowest BCUT2D eigenvalue weighted by atomic mass is 10.1. The lowest BCUT2D eigenvalue weighted by Gasteiger charge is -2.39. The van der Waals surface area contributed by atoms with Crippen LogP contribution in [-0.4, -0.2) is 35.0 Å². The highest BCUT2D eigenvalue weighted by molar-refractivity contribution is 5.81. The molecule has 4 heteroatoms. The zero-order chi connectivity index (χ0) is 11.0. The van der Waals surface area contributed by atoms with Gasteiger partial charge in [-0.05, 0) is 25.0 Å². The van der Waals surface area contributed by atoms with Gasteiger partial charge >= 0.3 is 0 Å². The van der Waals surface area contributed by atoms with E-state index in [1.807, 2.05) is 17.0 Å². The van der Waals surface area contributed by atoms with E-state index >= 15 is 0 Å². The third kappa shape index (κ3) is 1.87. The Morgan fingerprint density at radius 2 is 2.25 bits per heavy atom. The Hall–Kier alpha value is -1.58. The number of carbonyl (C=O) groups excluding carboxylic acids is 1. The first-order valence-corrected chi connectivity index (χ1v) is 5.68. The van der Waals surface area contributed by atoms with E-state index in [0.717, 1.165) is 31.7 Å². The molecule has 1 aromatic rings. The van der Waals surface area contributed by atoms with Crippen LogP contribution >= 0.6 is 0 Å². The minimum Gasteiger partial charge on any atom is -0.485 e. The molecule has 84 valence electrons. The van der Waals surface area contributed by atoms with Gasteiger partial charge in [0.1, 0.15) is 11.9 Å². The molecule has 4 nitrogen and oxygen atoms in total. The van der Waals surface area contributed by atoms with E-state index in [0.29, 0.717) is 11.8 Å². The van der Waals surface area contributed by atoms with Crippen LogP contribution in [0.15, 0.2) is 24.5 Å². The van der Waals surface area contributed by atoms with Crippen molar-refractivity contribution in [1.82, 2.24) is 9.88 Å². The highest BCUT2D eigenvalue weighted by Crippen LogP contribution is 2.32. The van der Waals surface area contributed by atoms with Gasteiger partial charge in [0, 0.05) is 12.1 Å². The van der Waals surface area contributed by atoms with Gasteiger partial charge in [0.05, 0.1) is 19.3 Å². The van der Waals surface area contributed by atoms with Crippen LogP contribution in [0.25, 0.3) is 0 Å². The molecule has 0 atom stereocenters. The third-order valence-corrected chi connectivity index (χ3v) is 3.02. The molecular formula is C12H14N2O2. The number of nitrogens with zero attached hydrogens (tertiary/aromatic N) is 2. The maximum absolute atomic E-state index is 11.6. The van der Waals surface area contributed by atoms with Crippen LogP contribution in [-0.2, 0) is 4.79 Å². The zero-order valence-corrected chi connectivity index (χ0v) is 9.00. The van der Waals surface area contributed by atoms with Gasteiger partial charge in [-0.25, -0.2) is 0 Å². The molecule has 2 aliphatic rings. The average Bonchev–Trinajstić information content (AvgIpc) is 3.07. The molecule has 3 rings (SSSR count). The van der Waals surface area contributed by atoms with E-state index in [1.165, 1.54) is 0 Å². The predicted octanol–water partition coefficient (Wildman–Crippen LogP) is 1.08. The van der Waals surface area contributed by atoms with Crippen LogP contribution in [0.4, 0.5) is 0 Å². The van der Waals surface area contributed by atoms with Gasteiger partial charge < -0.3 is 9.64 Å². The molecule has 1 aliphatic heterocycles. The second-order valence-corrected chi connectivity index (χ2v) is 4.45. The molecule has 0 N–H and O–H groups in total. The minimum absolute atomic E-state index is 0.145. The monoisotopic (exact) mass is 218 g/mol. The fraction of sp³-hybridized carbons (Fsp3) is 0.500. The SMILES string of the molecule is O=C(C1CC1)N1CC(Oc2cccnc2)C1. The van der Waals surface area contributed by atoms with Crippen molar-refractivity contribution in [2.75, 3.05) is 13.1 Å². The zero-order valence-electron chi connectivity index (χ0n) is 9.00. The van der Waals surface area contributed by atoms with Crippen molar-refractivity contribution in [3.63, 3.8) is 0 Å². The maximum Gasteiger partial charge on any atom is 0.225 e. The Morgan fingerprint density at radius 1 is 1.44 bits per heavy atom. The minimum atomic E-state index is 0.145. The van der Waals surface area contributed by atoms with Gasteiger partial charge in [-0.3, -0.25) is 9.78 Å². The van der Waals surface area contributed by atoms with Crippen LogP contribution < -0.4 is 4.74 Å². The maximum atomic E-state index is 11.6. The highest BCUT2D eigenvalue weighted by Gasteiger charge is 2.39. The first-order chi connectivity index (χ1) is 7.83. The smallest absolute Gasteiger partial charge is 0.225 e. The van der Waals surface area contributed by atoms with E-state index < -0.39 is 0 Å². The summed E-state index contributed by atoms with van der Waals surface area (Å²) in [6.07, 6.45) is 5.71. The number of rotatable bonds is 3. The predicted molar refractivity (Wildman–Crippen MR) is 58.0 cm³/mol. The molecule has 1 saturated carbocycles. The topological polar surface area (TPSA) is 42.4 Å². The van der Waals surface area contributed by atoms with Crippen molar-refractivity contribution >= 4 is 5.91 Å². The fourth-order valence-electron chi connectivity index (χ4n) is 1.89. The number of amides is 1. The van der Waals surface area contributed by atoms with E-state index in [9.17, 15) is 4.79 Å². The van der Waals surface area contributed by atoms with Gasteiger partial charge in [-0.1, -0.05) is 0 Å². The van der Waals surface area contributed by atoms with E-state index in [-0.39, 0.29) is 6.10 Å². The summed E-state index contributed by atoms with van der Waals surface area (Å²) < 4.78 is 5.67. The van der Waals surface area contributed by atoms with Gasteiger partial charge in [0.2, 0.25) is 5.91 Å². The molecule has 16 heavy (non-hydrogen) atoms. The van der Waals surface area contributed by atoms with Crippen molar-refractivity contribution in [2.45, 2.75) is 18.9 Å². The van der Waals surface area contributed by atoms with Gasteiger partial charge in [-0.15, -0.1) is 0 Å². The summed E-state index contributed by atoms with van der Waals surface area (Å²) in [5.41, 5.74) is 0. The van der Waals surface area contributed by atoms with Crippen LogP contribution in [0.3, 0.4) is 0 Å². The lowest BCUT2D eigenvalue weighted by molar-refractivity contribution is -0.141. The summed E-state index contributed by atoms with van der Waals surface area (Å²) in [7, 11) is 0. The van der Waals surface area contributed by atoms with Gasteiger partial charge in [0.25, 0.3) is 0 Å². The van der Waals surface area contributed by atoms with Gasteiger partial charge in [0.15, 0.2) is 0 Å². The van der Waals surface area contributed by atoms with Crippen molar-refractivity contribution in [1.29, 1.82) is 0 Å². The molecule has 2 fully saturated rings. The Bertz CT molecular complexity index is 383. The summed E-state index contributed by atoms with van der Waals surface area (Å²) in [6.45, 7) is 1.45. The molecule has 1 aliphatic carbocycles. The lowest BCUT2D eigenvalue weighted by Crippen LogP contribution is -2.56. The summed E-state index contributed by atoms with van der Waals surface area (Å²) >= 11 is 0. The number of ether oxygens (including phenoxy) is 1. The molecule has 1 aromatic heterocycles. The van der Waals surface area contributed by atoms with Crippen molar-refractivity contribution < 1.29 is 9.53 Å². The number of aromatic nitrogens is 1. The molecule has 0 aromatic carbocycles. The van der Waals surface area contributed by atoms with Crippen LogP contribution in [0, 0.1) is 5.92 Å². The van der Waals surface area contributed by atoms with Crippen molar-refractivity contribution in [2.24, 2.45) is 5.92 Å². The third-order valence-electron chi connectivity index (χ3n) is 3.02. The molecular weight excluding hydrogens is 204 g/mol. The summed E-state index contributed by atoms with van der Waals surface area (Å²) in [5, 5.41) is 0.